The summed E-state index contributed by atoms with van der Waals surface area (Å²) in [7, 11) is 0. The Kier molecular flexibility index (Phi) is 5.15. The number of aliphatic hydroxyl groups is 1. The smallest absolute Gasteiger partial charge is 0.186 e. The lowest BCUT2D eigenvalue weighted by Crippen LogP contribution is -2.27. The van der Waals surface area contributed by atoms with Crippen molar-refractivity contribution in [1.82, 2.24) is 0 Å². The van der Waals surface area contributed by atoms with Crippen molar-refractivity contribution in [2.75, 3.05) is 11.7 Å². The first-order valence-electron chi connectivity index (χ1n) is 7.36. The average molecular weight is 510 g/mol. The second-order valence-electron chi connectivity index (χ2n) is 5.92. The first kappa shape index (κ1) is 18.0. The maximum absolute atomic E-state index is 14.5. The van der Waals surface area contributed by atoms with Gasteiger partial charge in [-0.1, -0.05) is 0 Å². The van der Waals surface area contributed by atoms with Gasteiger partial charge in [-0.15, -0.1) is 0 Å². The van der Waals surface area contributed by atoms with Crippen LogP contribution >= 0.6 is 38.5 Å². The number of nitrogens with zero attached hydrogens (tertiary/aromatic N) is 1. The van der Waals surface area contributed by atoms with Crippen LogP contribution in [0.3, 0.4) is 0 Å². The van der Waals surface area contributed by atoms with Crippen LogP contribution < -0.4 is 5.06 Å². The highest BCUT2D eigenvalue weighted by molar-refractivity contribution is 14.1. The maximum Gasteiger partial charge on any atom is 0.186 e. The van der Waals surface area contributed by atoms with E-state index in [4.69, 9.17) is 4.84 Å². The van der Waals surface area contributed by atoms with E-state index in [-0.39, 0.29) is 16.8 Å². The van der Waals surface area contributed by atoms with Crippen LogP contribution in [0.25, 0.3) is 0 Å². The van der Waals surface area contributed by atoms with Gasteiger partial charge in [0.15, 0.2) is 11.6 Å². The van der Waals surface area contributed by atoms with Gasteiger partial charge in [0, 0.05) is 3.57 Å². The highest BCUT2D eigenvalue weighted by Gasteiger charge is 2.41. The Labute approximate surface area is 160 Å². The Morgan fingerprint density at radius 1 is 1.21 bits per heavy atom. The molecule has 1 N–H and O–H groups in total. The molecule has 1 aliphatic carbocycles. The van der Waals surface area contributed by atoms with Gasteiger partial charge in [0.2, 0.25) is 0 Å². The molecule has 24 heavy (non-hydrogen) atoms. The van der Waals surface area contributed by atoms with Crippen molar-refractivity contribution < 1.29 is 18.7 Å². The molecule has 7 heteroatoms. The Hall–Kier alpha value is -0.770. The number of hydrogen-bond donors (Lipinski definition) is 1. The zero-order chi connectivity index (χ0) is 17.5. The third kappa shape index (κ3) is 3.74. The van der Waals surface area contributed by atoms with Gasteiger partial charge in [0.1, 0.15) is 12.3 Å². The van der Waals surface area contributed by atoms with Crippen LogP contribution in [0.1, 0.15) is 18.4 Å². The molecule has 0 aliphatic heterocycles. The van der Waals surface area contributed by atoms with Crippen molar-refractivity contribution in [2.24, 2.45) is 0 Å². The molecule has 1 saturated carbocycles. The summed E-state index contributed by atoms with van der Waals surface area (Å²) in [5.74, 6) is -1.99. The highest BCUT2D eigenvalue weighted by atomic mass is 127. The number of halogens is 4. The molecule has 1 fully saturated rings. The lowest BCUT2D eigenvalue weighted by atomic mass is 10.2. The molecule has 0 unspecified atom stereocenters. The third-order valence-corrected chi connectivity index (χ3v) is 5.18. The van der Waals surface area contributed by atoms with E-state index in [1.54, 1.807) is 6.07 Å². The van der Waals surface area contributed by atoms with Crippen LogP contribution in [0.2, 0.25) is 0 Å². The molecular weight excluding hydrogens is 495 g/mol. The molecule has 0 radical (unpaired) electrons. The first-order valence-corrected chi connectivity index (χ1v) is 9.23. The van der Waals surface area contributed by atoms with Gasteiger partial charge in [-0.05, 0) is 94.2 Å². The van der Waals surface area contributed by atoms with Gasteiger partial charge in [0.25, 0.3) is 0 Å². The monoisotopic (exact) mass is 509 g/mol. The second kappa shape index (κ2) is 6.86. The van der Waals surface area contributed by atoms with E-state index in [0.717, 1.165) is 9.13 Å². The van der Waals surface area contributed by atoms with E-state index >= 15 is 0 Å². The summed E-state index contributed by atoms with van der Waals surface area (Å²) in [5.41, 5.74) is 0.539. The van der Waals surface area contributed by atoms with Gasteiger partial charge in [0.05, 0.1) is 15.8 Å². The minimum absolute atomic E-state index is 0.0234. The SMILES string of the molecule is Cc1cc(I)ccc1N(OCC1(O)CC1)c1ccc(Br)c(F)c1F. The summed E-state index contributed by atoms with van der Waals surface area (Å²) < 4.78 is 29.5. The van der Waals surface area contributed by atoms with Crippen molar-refractivity contribution in [1.29, 1.82) is 0 Å². The second-order valence-corrected chi connectivity index (χ2v) is 8.02. The Morgan fingerprint density at radius 3 is 2.50 bits per heavy atom. The molecule has 0 aromatic heterocycles. The van der Waals surface area contributed by atoms with E-state index in [9.17, 15) is 13.9 Å². The molecule has 0 spiro atoms. The molecule has 3 nitrogen and oxygen atoms in total. The molecule has 0 atom stereocenters. The minimum atomic E-state index is -1.01. The van der Waals surface area contributed by atoms with E-state index in [0.29, 0.717) is 18.5 Å². The van der Waals surface area contributed by atoms with Gasteiger partial charge >= 0.3 is 0 Å². The van der Waals surface area contributed by atoms with Crippen LogP contribution in [0, 0.1) is 22.1 Å². The van der Waals surface area contributed by atoms with Crippen LogP contribution in [0.15, 0.2) is 34.8 Å². The van der Waals surface area contributed by atoms with Crippen LogP contribution in [0.5, 0.6) is 0 Å². The van der Waals surface area contributed by atoms with E-state index in [1.165, 1.54) is 17.2 Å². The van der Waals surface area contributed by atoms with Crippen LogP contribution in [0.4, 0.5) is 20.2 Å². The quantitative estimate of drug-likeness (QED) is 0.340. The predicted molar refractivity (Wildman–Crippen MR) is 100 cm³/mol. The molecule has 3 rings (SSSR count). The Morgan fingerprint density at radius 2 is 1.88 bits per heavy atom. The summed E-state index contributed by atoms with van der Waals surface area (Å²) in [5, 5.41) is 11.3. The third-order valence-electron chi connectivity index (χ3n) is 3.90. The number of rotatable bonds is 5. The van der Waals surface area contributed by atoms with E-state index in [1.807, 2.05) is 19.1 Å². The Bertz CT molecular complexity index is 783. The topological polar surface area (TPSA) is 32.7 Å². The molecule has 128 valence electrons. The minimum Gasteiger partial charge on any atom is -0.387 e. The fourth-order valence-corrected chi connectivity index (χ4v) is 3.21. The normalized spacial score (nSPS) is 15.4. The highest BCUT2D eigenvalue weighted by Crippen LogP contribution is 2.39. The van der Waals surface area contributed by atoms with E-state index < -0.39 is 17.2 Å². The van der Waals surface area contributed by atoms with Crippen molar-refractivity contribution in [3.05, 3.63) is 55.6 Å². The zero-order valence-electron chi connectivity index (χ0n) is 12.8. The summed E-state index contributed by atoms with van der Waals surface area (Å²) in [6.07, 6.45) is 1.29. The van der Waals surface area contributed by atoms with Gasteiger partial charge in [-0.2, -0.15) is 0 Å². The number of hydrogen-bond acceptors (Lipinski definition) is 3. The molecule has 0 amide bonds. The zero-order valence-corrected chi connectivity index (χ0v) is 16.6. The maximum atomic E-state index is 14.5. The Balaban J connectivity index is 2.02. The summed E-state index contributed by atoms with van der Waals surface area (Å²) >= 11 is 5.16. The fraction of sp³-hybridized carbons (Fsp3) is 0.294. The molecule has 0 saturated heterocycles. The largest absolute Gasteiger partial charge is 0.387 e. The molecule has 2 aromatic rings. The van der Waals surface area contributed by atoms with Crippen molar-refractivity contribution in [2.45, 2.75) is 25.4 Å². The lowest BCUT2D eigenvalue weighted by Gasteiger charge is -2.27. The first-order chi connectivity index (χ1) is 11.3. The predicted octanol–water partition coefficient (Wildman–Crippen LogP) is 5.23. The van der Waals surface area contributed by atoms with Crippen molar-refractivity contribution >= 4 is 49.9 Å². The lowest BCUT2D eigenvalue weighted by molar-refractivity contribution is 0.0199. The standard InChI is InChI=1S/C17H15BrF2INO2/c1-10-8-11(21)2-4-13(10)22(24-9-17(23)6-7-17)14-5-3-12(18)15(19)16(14)20/h2-5,8,23H,6-7,9H2,1H3. The molecule has 1 aliphatic rings. The summed E-state index contributed by atoms with van der Waals surface area (Å²) in [6, 6.07) is 8.44. The molecular formula is C17H15BrF2INO2. The number of aryl methyl sites for hydroxylation is 1. The molecule has 0 bridgehead atoms. The van der Waals surface area contributed by atoms with Crippen LogP contribution in [-0.4, -0.2) is 17.3 Å². The average Bonchev–Trinajstić information content (AvgIpc) is 3.26. The van der Waals surface area contributed by atoms with Gasteiger partial charge in [-0.3, -0.25) is 4.84 Å². The summed E-state index contributed by atoms with van der Waals surface area (Å²) in [6.45, 7) is 1.89. The number of benzene rings is 2. The van der Waals surface area contributed by atoms with Crippen molar-refractivity contribution in [3.8, 4) is 0 Å². The van der Waals surface area contributed by atoms with Crippen molar-refractivity contribution in [3.63, 3.8) is 0 Å². The van der Waals surface area contributed by atoms with Gasteiger partial charge in [-0.25, -0.2) is 13.8 Å². The number of anilines is 2. The molecule has 0 heterocycles. The fourth-order valence-electron chi connectivity index (χ4n) is 2.26. The van der Waals surface area contributed by atoms with E-state index in [2.05, 4.69) is 38.5 Å². The molecule has 2 aromatic carbocycles. The van der Waals surface area contributed by atoms with Gasteiger partial charge < -0.3 is 5.11 Å². The van der Waals surface area contributed by atoms with Crippen LogP contribution in [-0.2, 0) is 4.84 Å². The summed E-state index contributed by atoms with van der Waals surface area (Å²) in [4.78, 5) is 5.70.